The Morgan fingerprint density at radius 2 is 2.00 bits per heavy atom. The van der Waals surface area contributed by atoms with Crippen LogP contribution in [0.1, 0.15) is 13.8 Å². The van der Waals surface area contributed by atoms with E-state index in [0.29, 0.717) is 15.8 Å². The molecule has 0 unspecified atom stereocenters. The van der Waals surface area contributed by atoms with Gasteiger partial charge in [0.15, 0.2) is 0 Å². The van der Waals surface area contributed by atoms with Gasteiger partial charge in [-0.2, -0.15) is 0 Å². The van der Waals surface area contributed by atoms with E-state index >= 15 is 0 Å². The molecule has 1 aromatic rings. The monoisotopic (exact) mass is 292 g/mol. The second-order valence-electron chi connectivity index (χ2n) is 3.44. The first-order valence-corrected chi connectivity index (χ1v) is 6.73. The van der Waals surface area contributed by atoms with Crippen molar-refractivity contribution in [2.24, 2.45) is 0 Å². The van der Waals surface area contributed by atoms with Gasteiger partial charge in [-0.25, -0.2) is 8.42 Å². The molecule has 3 N–H and O–H groups in total. The number of nitrogen functional groups attached to an aromatic ring is 1. The third-order valence-corrected chi connectivity index (χ3v) is 4.30. The number of sulfonamides is 1. The second kappa shape index (κ2) is 4.40. The van der Waals surface area contributed by atoms with Crippen LogP contribution in [0.3, 0.4) is 0 Å². The van der Waals surface area contributed by atoms with Gasteiger partial charge in [-0.1, -0.05) is 0 Å². The normalized spacial score (nSPS) is 11.7. The highest BCUT2D eigenvalue weighted by Crippen LogP contribution is 2.26. The van der Waals surface area contributed by atoms with Crippen molar-refractivity contribution in [2.75, 3.05) is 10.5 Å². The summed E-state index contributed by atoms with van der Waals surface area (Å²) >= 11 is 3.25. The molecular weight excluding hydrogens is 280 g/mol. The lowest BCUT2D eigenvalue weighted by Gasteiger charge is -2.12. The SMILES string of the molecule is CC(C)S(=O)(=O)Nc1cc(N)ccc1Br. The molecule has 15 heavy (non-hydrogen) atoms. The molecule has 0 fully saturated rings. The number of nitrogens with one attached hydrogen (secondary N) is 1. The number of hydrogen-bond donors (Lipinski definition) is 2. The molecule has 0 amide bonds. The van der Waals surface area contributed by atoms with Gasteiger partial charge >= 0.3 is 0 Å². The van der Waals surface area contributed by atoms with E-state index < -0.39 is 15.3 Å². The van der Waals surface area contributed by atoms with Crippen LogP contribution in [0.4, 0.5) is 11.4 Å². The smallest absolute Gasteiger partial charge is 0.235 e. The number of rotatable bonds is 3. The van der Waals surface area contributed by atoms with Crippen molar-refractivity contribution in [3.63, 3.8) is 0 Å². The zero-order valence-electron chi connectivity index (χ0n) is 8.49. The third kappa shape index (κ3) is 3.10. The van der Waals surface area contributed by atoms with Crippen molar-refractivity contribution in [1.82, 2.24) is 0 Å². The van der Waals surface area contributed by atoms with Crippen LogP contribution in [0.25, 0.3) is 0 Å². The van der Waals surface area contributed by atoms with Gasteiger partial charge in [-0.3, -0.25) is 4.72 Å². The van der Waals surface area contributed by atoms with Crippen LogP contribution in [0, 0.1) is 0 Å². The van der Waals surface area contributed by atoms with E-state index in [1.54, 1.807) is 32.0 Å². The van der Waals surface area contributed by atoms with Gasteiger partial charge in [0.05, 0.1) is 10.9 Å². The van der Waals surface area contributed by atoms with Crippen LogP contribution >= 0.6 is 15.9 Å². The summed E-state index contributed by atoms with van der Waals surface area (Å²) in [7, 11) is -3.33. The topological polar surface area (TPSA) is 72.2 Å². The van der Waals surface area contributed by atoms with Gasteiger partial charge in [0, 0.05) is 10.2 Å². The van der Waals surface area contributed by atoms with E-state index in [9.17, 15) is 8.42 Å². The first kappa shape index (κ1) is 12.3. The van der Waals surface area contributed by atoms with Crippen molar-refractivity contribution < 1.29 is 8.42 Å². The van der Waals surface area contributed by atoms with Gasteiger partial charge in [0.25, 0.3) is 0 Å². The van der Waals surface area contributed by atoms with Crippen LogP contribution in [0.5, 0.6) is 0 Å². The molecule has 0 atom stereocenters. The molecule has 1 rings (SSSR count). The predicted molar refractivity (Wildman–Crippen MR) is 66.2 cm³/mol. The minimum Gasteiger partial charge on any atom is -0.399 e. The summed E-state index contributed by atoms with van der Waals surface area (Å²) in [5, 5.41) is -0.481. The highest BCUT2D eigenvalue weighted by atomic mass is 79.9. The van der Waals surface area contributed by atoms with E-state index in [1.807, 2.05) is 0 Å². The van der Waals surface area contributed by atoms with E-state index in [0.717, 1.165) is 0 Å². The summed E-state index contributed by atoms with van der Waals surface area (Å²) in [5.41, 5.74) is 6.54. The zero-order valence-corrected chi connectivity index (χ0v) is 10.9. The molecule has 84 valence electrons. The molecular formula is C9H13BrN2O2S. The van der Waals surface area contributed by atoms with Crippen LogP contribution in [0.2, 0.25) is 0 Å². The summed E-state index contributed by atoms with van der Waals surface area (Å²) in [6.45, 7) is 3.23. The Labute approximate surface area is 98.0 Å². The average Bonchev–Trinajstić information content (AvgIpc) is 2.10. The summed E-state index contributed by atoms with van der Waals surface area (Å²) in [6.07, 6.45) is 0. The summed E-state index contributed by atoms with van der Waals surface area (Å²) in [6, 6.07) is 4.97. The van der Waals surface area contributed by atoms with Crippen molar-refractivity contribution in [2.45, 2.75) is 19.1 Å². The van der Waals surface area contributed by atoms with Crippen molar-refractivity contribution >= 4 is 37.3 Å². The molecule has 0 saturated carbocycles. The molecule has 1 aromatic carbocycles. The van der Waals surface area contributed by atoms with Gasteiger partial charge < -0.3 is 5.73 Å². The predicted octanol–water partition coefficient (Wildman–Crippen LogP) is 2.18. The molecule has 0 saturated heterocycles. The Morgan fingerprint density at radius 1 is 1.40 bits per heavy atom. The van der Waals surface area contributed by atoms with Gasteiger partial charge in [-0.15, -0.1) is 0 Å². The van der Waals surface area contributed by atoms with E-state index in [-0.39, 0.29) is 0 Å². The summed E-state index contributed by atoms with van der Waals surface area (Å²) < 4.78 is 26.3. The number of hydrogen-bond acceptors (Lipinski definition) is 3. The minimum atomic E-state index is -3.33. The Morgan fingerprint density at radius 3 is 2.53 bits per heavy atom. The van der Waals surface area contributed by atoms with Crippen molar-refractivity contribution in [3.8, 4) is 0 Å². The van der Waals surface area contributed by atoms with Crippen LogP contribution in [-0.2, 0) is 10.0 Å². The fourth-order valence-corrected chi connectivity index (χ4v) is 2.08. The van der Waals surface area contributed by atoms with E-state index in [1.165, 1.54) is 0 Å². The molecule has 0 radical (unpaired) electrons. The average molecular weight is 293 g/mol. The molecule has 6 heteroatoms. The van der Waals surface area contributed by atoms with Gasteiger partial charge in [-0.05, 0) is 48.0 Å². The lowest BCUT2D eigenvalue weighted by molar-refractivity contribution is 0.593. The molecule has 4 nitrogen and oxygen atoms in total. The molecule has 0 aromatic heterocycles. The van der Waals surface area contributed by atoms with E-state index in [2.05, 4.69) is 20.7 Å². The maximum Gasteiger partial charge on any atom is 0.235 e. The Hall–Kier alpha value is -0.750. The summed E-state index contributed by atoms with van der Waals surface area (Å²) in [5.74, 6) is 0. The number of benzene rings is 1. The molecule has 0 spiro atoms. The molecule has 0 aliphatic heterocycles. The number of anilines is 2. The van der Waals surface area contributed by atoms with Crippen LogP contribution in [-0.4, -0.2) is 13.7 Å². The van der Waals surface area contributed by atoms with Crippen LogP contribution < -0.4 is 10.5 Å². The van der Waals surface area contributed by atoms with Crippen LogP contribution in [0.15, 0.2) is 22.7 Å². The molecule has 0 bridgehead atoms. The standard InChI is InChI=1S/C9H13BrN2O2S/c1-6(2)15(13,14)12-9-5-7(11)3-4-8(9)10/h3-6,12H,11H2,1-2H3. The fourth-order valence-electron chi connectivity index (χ4n) is 0.892. The highest BCUT2D eigenvalue weighted by Gasteiger charge is 2.16. The van der Waals surface area contributed by atoms with Crippen molar-refractivity contribution in [3.05, 3.63) is 22.7 Å². The number of halogens is 1. The third-order valence-electron chi connectivity index (χ3n) is 1.86. The molecule has 0 aliphatic rings. The highest BCUT2D eigenvalue weighted by molar-refractivity contribution is 9.10. The largest absolute Gasteiger partial charge is 0.399 e. The first-order valence-electron chi connectivity index (χ1n) is 4.39. The molecule has 0 aliphatic carbocycles. The van der Waals surface area contributed by atoms with Crippen molar-refractivity contribution in [1.29, 1.82) is 0 Å². The second-order valence-corrected chi connectivity index (χ2v) is 6.53. The minimum absolute atomic E-state index is 0.462. The zero-order chi connectivity index (χ0) is 11.6. The Bertz CT molecular complexity index is 457. The summed E-state index contributed by atoms with van der Waals surface area (Å²) in [4.78, 5) is 0. The Kier molecular flexibility index (Phi) is 3.62. The molecule has 0 heterocycles. The number of nitrogens with two attached hydrogens (primary N) is 1. The van der Waals surface area contributed by atoms with E-state index in [4.69, 9.17) is 5.73 Å². The Balaban J connectivity index is 3.05. The first-order chi connectivity index (χ1) is 6.83. The van der Waals surface area contributed by atoms with Gasteiger partial charge in [0.2, 0.25) is 10.0 Å². The lowest BCUT2D eigenvalue weighted by atomic mass is 10.3. The lowest BCUT2D eigenvalue weighted by Crippen LogP contribution is -2.22. The van der Waals surface area contributed by atoms with Gasteiger partial charge in [0.1, 0.15) is 0 Å². The quantitative estimate of drug-likeness (QED) is 0.839. The maximum absolute atomic E-state index is 11.6. The fraction of sp³-hybridized carbons (Fsp3) is 0.333. The maximum atomic E-state index is 11.6.